The van der Waals surface area contributed by atoms with E-state index in [-0.39, 0.29) is 19.0 Å². The quantitative estimate of drug-likeness (QED) is 0.728. The van der Waals surface area contributed by atoms with Crippen molar-refractivity contribution in [2.45, 2.75) is 32.9 Å². The highest BCUT2D eigenvalue weighted by Gasteiger charge is 2.21. The SMILES string of the molecule is CCN(CC(C)(C)O)C(=O)Cn1[nH]c(=O)ccc1=O. The summed E-state index contributed by atoms with van der Waals surface area (Å²) in [6.07, 6.45) is 0. The molecule has 0 saturated carbocycles. The van der Waals surface area contributed by atoms with Crippen LogP contribution in [-0.4, -0.2) is 44.4 Å². The topological polar surface area (TPSA) is 95.4 Å². The van der Waals surface area contributed by atoms with Crippen LogP contribution in [0.2, 0.25) is 0 Å². The minimum atomic E-state index is -1.01. The van der Waals surface area contributed by atoms with Gasteiger partial charge >= 0.3 is 0 Å². The molecule has 2 N–H and O–H groups in total. The summed E-state index contributed by atoms with van der Waals surface area (Å²) in [5, 5.41) is 12.0. The van der Waals surface area contributed by atoms with Gasteiger partial charge in [-0.3, -0.25) is 19.5 Å². The lowest BCUT2D eigenvalue weighted by molar-refractivity contribution is -0.134. The van der Waals surface area contributed by atoms with Crippen molar-refractivity contribution in [3.05, 3.63) is 32.8 Å². The first-order chi connectivity index (χ1) is 8.73. The van der Waals surface area contributed by atoms with Crippen molar-refractivity contribution >= 4 is 5.91 Å². The molecule has 0 atom stereocenters. The minimum absolute atomic E-state index is 0.161. The molecule has 1 amide bonds. The molecule has 0 fully saturated rings. The number of amides is 1. The minimum Gasteiger partial charge on any atom is -0.389 e. The van der Waals surface area contributed by atoms with Crippen molar-refractivity contribution in [3.8, 4) is 0 Å². The second-order valence-electron chi connectivity index (χ2n) is 4.95. The molecule has 0 spiro atoms. The molecule has 0 saturated heterocycles. The summed E-state index contributed by atoms with van der Waals surface area (Å²) in [5.74, 6) is -0.339. The van der Waals surface area contributed by atoms with Crippen molar-refractivity contribution in [1.82, 2.24) is 14.7 Å². The van der Waals surface area contributed by atoms with Gasteiger partial charge in [0.05, 0.1) is 5.60 Å². The monoisotopic (exact) mass is 269 g/mol. The summed E-state index contributed by atoms with van der Waals surface area (Å²) in [5.41, 5.74) is -1.91. The highest BCUT2D eigenvalue weighted by molar-refractivity contribution is 5.75. The first kappa shape index (κ1) is 15.2. The smallest absolute Gasteiger partial charge is 0.265 e. The molecule has 7 nitrogen and oxygen atoms in total. The molecule has 0 radical (unpaired) electrons. The third kappa shape index (κ3) is 4.70. The fourth-order valence-corrected chi connectivity index (χ4v) is 1.66. The van der Waals surface area contributed by atoms with Crippen LogP contribution in [0.3, 0.4) is 0 Å². The molecule has 1 aromatic rings. The number of hydrogen-bond donors (Lipinski definition) is 2. The lowest BCUT2D eigenvalue weighted by Crippen LogP contribution is -2.45. The van der Waals surface area contributed by atoms with Gasteiger partial charge in [-0.2, -0.15) is 0 Å². The van der Waals surface area contributed by atoms with Crippen LogP contribution in [-0.2, 0) is 11.3 Å². The molecule has 7 heteroatoms. The standard InChI is InChI=1S/C12H19N3O4/c1-4-14(8-12(2,3)19)11(18)7-15-10(17)6-5-9(16)13-15/h5-6,19H,4,7-8H2,1-3H3,(H,13,16). The van der Waals surface area contributed by atoms with Crippen LogP contribution in [0.1, 0.15) is 20.8 Å². The number of likely N-dealkylation sites (N-methyl/N-ethyl adjacent to an activating group) is 1. The van der Waals surface area contributed by atoms with E-state index in [1.165, 1.54) is 4.90 Å². The Kier molecular flexibility index (Phi) is 4.66. The molecule has 0 aromatic carbocycles. The van der Waals surface area contributed by atoms with Gasteiger partial charge in [0.25, 0.3) is 11.1 Å². The first-order valence-corrected chi connectivity index (χ1v) is 6.03. The summed E-state index contributed by atoms with van der Waals surface area (Å²) in [4.78, 5) is 36.0. The first-order valence-electron chi connectivity index (χ1n) is 6.03. The van der Waals surface area contributed by atoms with E-state index in [2.05, 4.69) is 5.10 Å². The van der Waals surface area contributed by atoms with Crippen LogP contribution in [0.15, 0.2) is 21.7 Å². The third-order valence-corrected chi connectivity index (χ3v) is 2.49. The number of nitrogens with zero attached hydrogens (tertiary/aromatic N) is 2. The fourth-order valence-electron chi connectivity index (χ4n) is 1.66. The van der Waals surface area contributed by atoms with Crippen LogP contribution in [0.4, 0.5) is 0 Å². The number of aliphatic hydroxyl groups is 1. The normalized spacial score (nSPS) is 11.4. The summed E-state index contributed by atoms with van der Waals surface area (Å²) >= 11 is 0. The second-order valence-corrected chi connectivity index (χ2v) is 4.95. The number of rotatable bonds is 5. The van der Waals surface area contributed by atoms with E-state index in [4.69, 9.17) is 0 Å². The summed E-state index contributed by atoms with van der Waals surface area (Å²) < 4.78 is 0.956. The molecule has 0 unspecified atom stereocenters. The summed E-state index contributed by atoms with van der Waals surface area (Å²) in [6, 6.07) is 2.22. The number of carbonyl (C=O) groups excluding carboxylic acids is 1. The van der Waals surface area contributed by atoms with Gasteiger partial charge in [0.1, 0.15) is 6.54 Å². The Morgan fingerprint density at radius 1 is 1.42 bits per heavy atom. The number of H-pyrrole nitrogens is 1. The van der Waals surface area contributed by atoms with E-state index in [0.717, 1.165) is 16.8 Å². The van der Waals surface area contributed by atoms with E-state index in [1.807, 2.05) is 0 Å². The lowest BCUT2D eigenvalue weighted by Gasteiger charge is -2.28. The molecule has 1 aromatic heterocycles. The predicted molar refractivity (Wildman–Crippen MR) is 69.9 cm³/mol. The molecule has 19 heavy (non-hydrogen) atoms. The Labute approximate surface area is 110 Å². The number of aromatic nitrogens is 2. The molecular formula is C12H19N3O4. The van der Waals surface area contributed by atoms with Gasteiger partial charge in [-0.15, -0.1) is 0 Å². The molecule has 106 valence electrons. The van der Waals surface area contributed by atoms with Crippen LogP contribution >= 0.6 is 0 Å². The maximum absolute atomic E-state index is 12.0. The van der Waals surface area contributed by atoms with Gasteiger partial charge in [0, 0.05) is 25.2 Å². The number of hydrogen-bond acceptors (Lipinski definition) is 4. The lowest BCUT2D eigenvalue weighted by atomic mass is 10.1. The van der Waals surface area contributed by atoms with E-state index in [9.17, 15) is 19.5 Å². The molecular weight excluding hydrogens is 250 g/mol. The zero-order valence-corrected chi connectivity index (χ0v) is 11.3. The average Bonchev–Trinajstić information content (AvgIpc) is 2.29. The molecule has 0 aliphatic heterocycles. The Bertz CT molecular complexity index is 553. The van der Waals surface area contributed by atoms with E-state index >= 15 is 0 Å². The van der Waals surface area contributed by atoms with E-state index in [0.29, 0.717) is 6.54 Å². The van der Waals surface area contributed by atoms with Crippen LogP contribution in [0.5, 0.6) is 0 Å². The number of nitrogens with one attached hydrogen (secondary N) is 1. The Morgan fingerprint density at radius 3 is 2.58 bits per heavy atom. The van der Waals surface area contributed by atoms with Gasteiger partial charge in [-0.1, -0.05) is 0 Å². The Balaban J connectivity index is 2.86. The summed E-state index contributed by atoms with van der Waals surface area (Å²) in [6.45, 7) is 5.29. The number of carbonyl (C=O) groups is 1. The van der Waals surface area contributed by atoms with Crippen LogP contribution in [0, 0.1) is 0 Å². The third-order valence-electron chi connectivity index (χ3n) is 2.49. The van der Waals surface area contributed by atoms with E-state index < -0.39 is 16.7 Å². The highest BCUT2D eigenvalue weighted by Crippen LogP contribution is 2.05. The Hall–Kier alpha value is -1.89. The highest BCUT2D eigenvalue weighted by atomic mass is 16.3. The van der Waals surface area contributed by atoms with Gasteiger partial charge < -0.3 is 10.0 Å². The van der Waals surface area contributed by atoms with Gasteiger partial charge in [0.15, 0.2) is 0 Å². The molecule has 0 aliphatic carbocycles. The zero-order chi connectivity index (χ0) is 14.6. The molecule has 1 heterocycles. The average molecular weight is 269 g/mol. The second kappa shape index (κ2) is 5.83. The molecule has 1 rings (SSSR count). The largest absolute Gasteiger partial charge is 0.389 e. The summed E-state index contributed by atoms with van der Waals surface area (Å²) in [7, 11) is 0. The van der Waals surface area contributed by atoms with Crippen molar-refractivity contribution in [3.63, 3.8) is 0 Å². The van der Waals surface area contributed by atoms with Crippen molar-refractivity contribution in [2.24, 2.45) is 0 Å². The molecule has 0 bridgehead atoms. The molecule has 0 aliphatic rings. The Morgan fingerprint density at radius 2 is 2.05 bits per heavy atom. The fraction of sp³-hybridized carbons (Fsp3) is 0.583. The predicted octanol–water partition coefficient (Wildman–Crippen LogP) is -0.844. The van der Waals surface area contributed by atoms with Crippen LogP contribution in [0.25, 0.3) is 0 Å². The van der Waals surface area contributed by atoms with Gasteiger partial charge in [-0.25, -0.2) is 4.68 Å². The van der Waals surface area contributed by atoms with Crippen molar-refractivity contribution < 1.29 is 9.90 Å². The van der Waals surface area contributed by atoms with Gasteiger partial charge in [0.2, 0.25) is 5.91 Å². The maximum atomic E-state index is 12.0. The maximum Gasteiger partial charge on any atom is 0.265 e. The zero-order valence-electron chi connectivity index (χ0n) is 11.3. The van der Waals surface area contributed by atoms with Gasteiger partial charge in [-0.05, 0) is 20.8 Å². The van der Waals surface area contributed by atoms with Crippen molar-refractivity contribution in [2.75, 3.05) is 13.1 Å². The number of aromatic amines is 1. The van der Waals surface area contributed by atoms with Crippen molar-refractivity contribution in [1.29, 1.82) is 0 Å². The van der Waals surface area contributed by atoms with Crippen LogP contribution < -0.4 is 11.1 Å². The van der Waals surface area contributed by atoms with E-state index in [1.54, 1.807) is 20.8 Å².